The van der Waals surface area contributed by atoms with E-state index >= 15 is 0 Å². The minimum absolute atomic E-state index is 0.147. The van der Waals surface area contributed by atoms with Gasteiger partial charge >= 0.3 is 136 Å². The van der Waals surface area contributed by atoms with Crippen LogP contribution in [0.4, 0.5) is 0 Å². The molecule has 0 unspecified atom stereocenters. The van der Waals surface area contributed by atoms with E-state index in [1.807, 2.05) is 48.5 Å². The fourth-order valence-corrected chi connectivity index (χ4v) is 5.04. The van der Waals surface area contributed by atoms with Crippen LogP contribution in [0, 0.1) is 5.92 Å². The van der Waals surface area contributed by atoms with Gasteiger partial charge < -0.3 is 0 Å². The number of esters is 1. The number of cyclic esters (lactones) is 1. The van der Waals surface area contributed by atoms with Crippen molar-refractivity contribution in [3.05, 3.63) is 66.2 Å². The van der Waals surface area contributed by atoms with E-state index < -0.39 is 11.5 Å². The Morgan fingerprint density at radius 1 is 1.09 bits per heavy atom. The van der Waals surface area contributed by atoms with Crippen molar-refractivity contribution in [2.75, 3.05) is 6.61 Å². The summed E-state index contributed by atoms with van der Waals surface area (Å²) in [6, 6.07) is 20.2. The van der Waals surface area contributed by atoms with Crippen LogP contribution in [-0.4, -0.2) is 32.6 Å². The Labute approximate surface area is 136 Å². The molecular weight excluding hydrogens is 343 g/mol. The summed E-state index contributed by atoms with van der Waals surface area (Å²) < 4.78 is 7.06. The Balaban J connectivity index is 1.86. The van der Waals surface area contributed by atoms with Gasteiger partial charge in [0.2, 0.25) is 0 Å². The van der Waals surface area contributed by atoms with E-state index in [4.69, 9.17) is 4.74 Å². The standard InChI is InChI=1S/C18H18O3Se/c19-12-14-11-18(21-17(14)20,15-7-3-1-4-8-15)13-22-16-9-5-2-6-10-16/h1-10,14,19H,11-13H2/t14-,18+/m1/s1. The molecule has 0 amide bonds. The Morgan fingerprint density at radius 3 is 2.32 bits per heavy atom. The Kier molecular flexibility index (Phi) is 4.63. The maximum absolute atomic E-state index is 12.0. The first kappa shape index (κ1) is 15.3. The second kappa shape index (κ2) is 6.65. The van der Waals surface area contributed by atoms with Gasteiger partial charge in [0, 0.05) is 0 Å². The van der Waals surface area contributed by atoms with Crippen molar-refractivity contribution < 1.29 is 14.6 Å². The Bertz CT molecular complexity index is 629. The summed E-state index contributed by atoms with van der Waals surface area (Å²) in [7, 11) is 0. The van der Waals surface area contributed by atoms with E-state index in [0.29, 0.717) is 6.42 Å². The third-order valence-corrected chi connectivity index (χ3v) is 6.49. The Hall–Kier alpha value is -1.61. The number of aliphatic hydroxyl groups is 1. The molecule has 22 heavy (non-hydrogen) atoms. The monoisotopic (exact) mass is 362 g/mol. The summed E-state index contributed by atoms with van der Waals surface area (Å²) in [4.78, 5) is 12.0. The summed E-state index contributed by atoms with van der Waals surface area (Å²) in [6.07, 6.45) is 0.556. The minimum atomic E-state index is -0.596. The summed E-state index contributed by atoms with van der Waals surface area (Å²) in [5.41, 5.74) is 0.429. The van der Waals surface area contributed by atoms with Crippen LogP contribution in [0.5, 0.6) is 0 Å². The molecule has 114 valence electrons. The predicted octanol–water partition coefficient (Wildman–Crippen LogP) is 1.89. The van der Waals surface area contributed by atoms with Gasteiger partial charge in [0.1, 0.15) is 0 Å². The molecule has 2 atom stereocenters. The van der Waals surface area contributed by atoms with Gasteiger partial charge in [-0.25, -0.2) is 0 Å². The summed E-state index contributed by atoms with van der Waals surface area (Å²) in [5, 5.41) is 10.2. The molecule has 0 radical (unpaired) electrons. The number of ether oxygens (including phenoxy) is 1. The normalized spacial score (nSPS) is 24.2. The number of rotatable bonds is 5. The first-order valence-electron chi connectivity index (χ1n) is 7.31. The molecular formula is C18H18O3Se. The predicted molar refractivity (Wildman–Crippen MR) is 86.0 cm³/mol. The second-order valence-electron chi connectivity index (χ2n) is 5.47. The second-order valence-corrected chi connectivity index (χ2v) is 7.67. The molecule has 0 aliphatic carbocycles. The summed E-state index contributed by atoms with van der Waals surface area (Å²) >= 11 is 0.210. The van der Waals surface area contributed by atoms with E-state index in [0.717, 1.165) is 10.9 Å². The molecule has 0 spiro atoms. The van der Waals surface area contributed by atoms with Crippen LogP contribution in [0.1, 0.15) is 12.0 Å². The summed E-state index contributed by atoms with van der Waals surface area (Å²) in [6.45, 7) is -0.147. The molecule has 0 bridgehead atoms. The molecule has 1 heterocycles. The van der Waals surface area contributed by atoms with Gasteiger partial charge in [0.25, 0.3) is 0 Å². The SMILES string of the molecule is O=C1O[C@@](C[Se]c2ccccc2)(c2ccccc2)C[C@@H]1CO. The summed E-state index contributed by atoms with van der Waals surface area (Å²) in [5.74, 6) is -0.693. The van der Waals surface area contributed by atoms with E-state index in [1.165, 1.54) is 4.46 Å². The zero-order valence-electron chi connectivity index (χ0n) is 12.1. The van der Waals surface area contributed by atoms with Gasteiger partial charge in [-0.15, -0.1) is 0 Å². The molecule has 4 heteroatoms. The van der Waals surface area contributed by atoms with Gasteiger partial charge in [-0.1, -0.05) is 0 Å². The fourth-order valence-electron chi connectivity index (χ4n) is 2.75. The van der Waals surface area contributed by atoms with Crippen LogP contribution in [-0.2, 0) is 15.1 Å². The van der Waals surface area contributed by atoms with E-state index in [-0.39, 0.29) is 27.5 Å². The van der Waals surface area contributed by atoms with E-state index in [9.17, 15) is 9.90 Å². The van der Waals surface area contributed by atoms with Crippen LogP contribution >= 0.6 is 0 Å². The van der Waals surface area contributed by atoms with E-state index in [2.05, 4.69) is 12.1 Å². The van der Waals surface area contributed by atoms with Crippen LogP contribution < -0.4 is 4.46 Å². The van der Waals surface area contributed by atoms with Crippen LogP contribution in [0.25, 0.3) is 0 Å². The van der Waals surface area contributed by atoms with E-state index in [1.54, 1.807) is 0 Å². The number of aliphatic hydroxyl groups excluding tert-OH is 1. The van der Waals surface area contributed by atoms with Crippen molar-refractivity contribution in [1.82, 2.24) is 0 Å². The quantitative estimate of drug-likeness (QED) is 0.654. The van der Waals surface area contributed by atoms with Crippen molar-refractivity contribution in [2.24, 2.45) is 5.92 Å². The van der Waals surface area contributed by atoms with Crippen molar-refractivity contribution >= 4 is 25.4 Å². The third-order valence-electron chi connectivity index (χ3n) is 3.94. The number of carbonyl (C=O) groups excluding carboxylic acids is 1. The van der Waals surface area contributed by atoms with Gasteiger partial charge in [-0.2, -0.15) is 0 Å². The maximum atomic E-state index is 12.0. The average Bonchev–Trinajstić information content (AvgIpc) is 2.92. The van der Waals surface area contributed by atoms with Crippen LogP contribution in [0.2, 0.25) is 5.32 Å². The van der Waals surface area contributed by atoms with Gasteiger partial charge in [0.15, 0.2) is 0 Å². The van der Waals surface area contributed by atoms with Crippen LogP contribution in [0.3, 0.4) is 0 Å². The number of hydrogen-bond donors (Lipinski definition) is 1. The van der Waals surface area contributed by atoms with Gasteiger partial charge in [-0.05, 0) is 0 Å². The molecule has 0 saturated carbocycles. The molecule has 3 nitrogen and oxygen atoms in total. The first-order valence-corrected chi connectivity index (χ1v) is 9.37. The molecule has 1 aliphatic heterocycles. The molecule has 3 rings (SSSR count). The molecule has 2 aromatic rings. The molecule has 1 aliphatic rings. The molecule has 1 N–H and O–H groups in total. The topological polar surface area (TPSA) is 46.5 Å². The zero-order valence-corrected chi connectivity index (χ0v) is 13.9. The zero-order chi connectivity index (χ0) is 15.4. The van der Waals surface area contributed by atoms with Gasteiger partial charge in [0.05, 0.1) is 0 Å². The van der Waals surface area contributed by atoms with Crippen LogP contribution in [0.15, 0.2) is 60.7 Å². The molecule has 0 aromatic heterocycles. The number of hydrogen-bond acceptors (Lipinski definition) is 3. The van der Waals surface area contributed by atoms with Crippen molar-refractivity contribution in [2.45, 2.75) is 17.3 Å². The average molecular weight is 361 g/mol. The van der Waals surface area contributed by atoms with Gasteiger partial charge in [-0.3, -0.25) is 0 Å². The fraction of sp³-hybridized carbons (Fsp3) is 0.278. The Morgan fingerprint density at radius 2 is 1.73 bits per heavy atom. The first-order chi connectivity index (χ1) is 10.7. The van der Waals surface area contributed by atoms with Crippen molar-refractivity contribution in [3.8, 4) is 0 Å². The third kappa shape index (κ3) is 3.09. The molecule has 2 aromatic carbocycles. The number of benzene rings is 2. The molecule has 1 saturated heterocycles. The van der Waals surface area contributed by atoms with Crippen molar-refractivity contribution in [1.29, 1.82) is 0 Å². The number of carbonyl (C=O) groups is 1. The molecule has 1 fully saturated rings. The van der Waals surface area contributed by atoms with Crippen molar-refractivity contribution in [3.63, 3.8) is 0 Å².